The standard InChI is InChI=1S/C19H25ClN2OS/c1-19(8-4-10-21-19)15(7-9-20)6-3-5-14-11-16(23)12-17-18(14)22(2)13-24-17/h4,8,10-12,15,23H,3,5-7,9,13H2,1-2H3. The Morgan fingerprint density at radius 1 is 1.42 bits per heavy atom. The Morgan fingerprint density at radius 3 is 2.96 bits per heavy atom. The molecule has 1 aromatic rings. The maximum absolute atomic E-state index is 9.99. The molecule has 0 saturated heterocycles. The van der Waals surface area contributed by atoms with E-state index >= 15 is 0 Å². The average Bonchev–Trinajstić information content (AvgIpc) is 3.14. The topological polar surface area (TPSA) is 35.8 Å². The first-order valence-corrected chi connectivity index (χ1v) is 10.0. The minimum atomic E-state index is -0.109. The third-order valence-electron chi connectivity index (χ3n) is 5.09. The molecule has 1 aromatic carbocycles. The number of aryl methyl sites for hydroxylation is 1. The predicted molar refractivity (Wildman–Crippen MR) is 105 cm³/mol. The van der Waals surface area contributed by atoms with Crippen LogP contribution in [-0.4, -0.2) is 35.7 Å². The SMILES string of the molecule is CN1CSc2cc(O)cc(CCCC(CCCl)C3(C)C=CC=N3)c21. The van der Waals surface area contributed by atoms with Crippen LogP contribution in [0.2, 0.25) is 0 Å². The number of halogens is 1. The molecule has 3 nitrogen and oxygen atoms in total. The molecule has 0 saturated carbocycles. The number of aliphatic imine (C=N–C) groups is 1. The Morgan fingerprint density at radius 2 is 2.25 bits per heavy atom. The van der Waals surface area contributed by atoms with E-state index in [0.29, 0.717) is 17.5 Å². The number of thioether (sulfide) groups is 1. The summed E-state index contributed by atoms with van der Waals surface area (Å²) in [5.74, 6) is 2.46. The molecule has 3 rings (SSSR count). The second-order valence-corrected chi connectivity index (χ2v) is 8.22. The lowest BCUT2D eigenvalue weighted by Crippen LogP contribution is -2.29. The lowest BCUT2D eigenvalue weighted by atomic mass is 9.81. The Labute approximate surface area is 153 Å². The average molecular weight is 365 g/mol. The number of alkyl halides is 1. The van der Waals surface area contributed by atoms with Crippen molar-refractivity contribution in [3.8, 4) is 5.75 Å². The first kappa shape index (κ1) is 17.7. The summed E-state index contributed by atoms with van der Waals surface area (Å²) in [6, 6.07) is 3.80. The molecule has 24 heavy (non-hydrogen) atoms. The van der Waals surface area contributed by atoms with Crippen molar-refractivity contribution in [2.75, 3.05) is 23.7 Å². The van der Waals surface area contributed by atoms with E-state index in [0.717, 1.165) is 31.6 Å². The molecule has 2 atom stereocenters. The van der Waals surface area contributed by atoms with Gasteiger partial charge in [-0.1, -0.05) is 6.08 Å². The number of aromatic hydroxyl groups is 1. The van der Waals surface area contributed by atoms with Crippen molar-refractivity contribution >= 4 is 35.3 Å². The molecule has 0 aliphatic carbocycles. The van der Waals surface area contributed by atoms with Crippen LogP contribution >= 0.6 is 23.4 Å². The molecule has 5 heteroatoms. The van der Waals surface area contributed by atoms with E-state index in [1.54, 1.807) is 11.8 Å². The summed E-state index contributed by atoms with van der Waals surface area (Å²) in [5.41, 5.74) is 2.43. The van der Waals surface area contributed by atoms with Crippen molar-refractivity contribution in [1.29, 1.82) is 0 Å². The third kappa shape index (κ3) is 3.60. The van der Waals surface area contributed by atoms with E-state index in [-0.39, 0.29) is 5.54 Å². The molecule has 0 bridgehead atoms. The molecular weight excluding hydrogens is 340 g/mol. The van der Waals surface area contributed by atoms with Gasteiger partial charge in [0.1, 0.15) is 5.75 Å². The van der Waals surface area contributed by atoms with E-state index in [9.17, 15) is 5.11 Å². The molecule has 0 fully saturated rings. The van der Waals surface area contributed by atoms with E-state index in [4.69, 9.17) is 11.6 Å². The zero-order valence-corrected chi connectivity index (χ0v) is 15.9. The van der Waals surface area contributed by atoms with Gasteiger partial charge in [-0.15, -0.1) is 23.4 Å². The van der Waals surface area contributed by atoms with Crippen LogP contribution in [0.4, 0.5) is 5.69 Å². The lowest BCUT2D eigenvalue weighted by Gasteiger charge is -2.30. The van der Waals surface area contributed by atoms with Crippen LogP contribution < -0.4 is 4.90 Å². The number of hydrogen-bond acceptors (Lipinski definition) is 4. The van der Waals surface area contributed by atoms with Crippen molar-refractivity contribution in [1.82, 2.24) is 0 Å². The van der Waals surface area contributed by atoms with Crippen LogP contribution in [-0.2, 0) is 6.42 Å². The van der Waals surface area contributed by atoms with Crippen molar-refractivity contribution in [3.05, 3.63) is 29.8 Å². The maximum atomic E-state index is 9.99. The van der Waals surface area contributed by atoms with E-state index < -0.39 is 0 Å². The molecule has 0 aromatic heterocycles. The van der Waals surface area contributed by atoms with Gasteiger partial charge >= 0.3 is 0 Å². The molecular formula is C19H25ClN2OS. The molecule has 2 unspecified atom stereocenters. The highest BCUT2D eigenvalue weighted by Crippen LogP contribution is 2.43. The first-order chi connectivity index (χ1) is 11.5. The summed E-state index contributed by atoms with van der Waals surface area (Å²) in [5, 5.41) is 9.99. The van der Waals surface area contributed by atoms with Crippen LogP contribution in [0.3, 0.4) is 0 Å². The van der Waals surface area contributed by atoms with Gasteiger partial charge in [0, 0.05) is 24.0 Å². The van der Waals surface area contributed by atoms with E-state index in [1.165, 1.54) is 16.1 Å². The number of rotatable bonds is 7. The minimum Gasteiger partial charge on any atom is -0.508 e. The predicted octanol–water partition coefficient (Wildman–Crippen LogP) is 4.86. The van der Waals surface area contributed by atoms with E-state index in [2.05, 4.69) is 29.9 Å². The fourth-order valence-corrected chi connectivity index (χ4v) is 5.09. The minimum absolute atomic E-state index is 0.109. The number of nitrogens with zero attached hydrogens (tertiary/aromatic N) is 2. The zero-order valence-electron chi connectivity index (χ0n) is 14.3. The van der Waals surface area contributed by atoms with Gasteiger partial charge < -0.3 is 10.0 Å². The third-order valence-corrected chi connectivity index (χ3v) is 6.45. The van der Waals surface area contributed by atoms with Gasteiger partial charge in [-0.05, 0) is 62.3 Å². The van der Waals surface area contributed by atoms with E-state index in [1.807, 2.05) is 24.4 Å². The van der Waals surface area contributed by atoms with Crippen molar-refractivity contribution in [2.45, 2.75) is 43.0 Å². The Balaban J connectivity index is 1.68. The second kappa shape index (κ2) is 7.40. The van der Waals surface area contributed by atoms with Gasteiger partial charge in [-0.25, -0.2) is 0 Å². The van der Waals surface area contributed by atoms with Crippen LogP contribution in [0, 0.1) is 5.92 Å². The molecule has 0 spiro atoms. The summed E-state index contributed by atoms with van der Waals surface area (Å²) in [6.45, 7) is 2.20. The summed E-state index contributed by atoms with van der Waals surface area (Å²) in [4.78, 5) is 8.12. The quantitative estimate of drug-likeness (QED) is 0.702. The number of allylic oxidation sites excluding steroid dienone is 1. The number of fused-ring (bicyclic) bond motifs is 1. The molecule has 0 amide bonds. The molecule has 1 N–H and O–H groups in total. The lowest BCUT2D eigenvalue weighted by molar-refractivity contribution is 0.327. The Bertz CT molecular complexity index is 647. The van der Waals surface area contributed by atoms with Gasteiger partial charge in [0.15, 0.2) is 0 Å². The van der Waals surface area contributed by atoms with Gasteiger partial charge in [0.25, 0.3) is 0 Å². The summed E-state index contributed by atoms with van der Waals surface area (Å²) in [6.07, 6.45) is 10.3. The van der Waals surface area contributed by atoms with Crippen molar-refractivity contribution in [3.63, 3.8) is 0 Å². The highest BCUT2D eigenvalue weighted by molar-refractivity contribution is 7.99. The first-order valence-electron chi connectivity index (χ1n) is 8.52. The highest BCUT2D eigenvalue weighted by atomic mass is 35.5. The summed E-state index contributed by atoms with van der Waals surface area (Å²) >= 11 is 7.82. The van der Waals surface area contributed by atoms with Crippen LogP contribution in [0.25, 0.3) is 0 Å². The van der Waals surface area contributed by atoms with Gasteiger partial charge in [0.05, 0.1) is 17.1 Å². The molecule has 130 valence electrons. The monoisotopic (exact) mass is 364 g/mol. The van der Waals surface area contributed by atoms with Crippen molar-refractivity contribution < 1.29 is 5.11 Å². The molecule has 2 aliphatic rings. The molecule has 2 aliphatic heterocycles. The number of anilines is 1. The van der Waals surface area contributed by atoms with Crippen LogP contribution in [0.1, 0.15) is 31.7 Å². The number of phenols is 1. The van der Waals surface area contributed by atoms with Gasteiger partial charge in [-0.2, -0.15) is 0 Å². The fourth-order valence-electron chi connectivity index (χ4n) is 3.74. The van der Waals surface area contributed by atoms with Crippen LogP contribution in [0.15, 0.2) is 34.2 Å². The molecule has 0 radical (unpaired) electrons. The largest absolute Gasteiger partial charge is 0.508 e. The smallest absolute Gasteiger partial charge is 0.117 e. The zero-order chi connectivity index (χ0) is 17.2. The molecule has 2 heterocycles. The number of hydrogen-bond donors (Lipinski definition) is 1. The number of benzene rings is 1. The normalized spacial score (nSPS) is 23.0. The van der Waals surface area contributed by atoms with Crippen molar-refractivity contribution in [2.24, 2.45) is 10.9 Å². The van der Waals surface area contributed by atoms with Gasteiger partial charge in [-0.3, -0.25) is 4.99 Å². The van der Waals surface area contributed by atoms with Crippen LogP contribution in [0.5, 0.6) is 5.75 Å². The fraction of sp³-hybridized carbons (Fsp3) is 0.526. The maximum Gasteiger partial charge on any atom is 0.117 e. The highest BCUT2D eigenvalue weighted by Gasteiger charge is 2.31. The summed E-state index contributed by atoms with van der Waals surface area (Å²) < 4.78 is 0. The van der Waals surface area contributed by atoms with Gasteiger partial charge in [0.2, 0.25) is 0 Å². The number of phenolic OH excluding ortho intramolecular Hbond substituents is 1. The summed E-state index contributed by atoms with van der Waals surface area (Å²) in [7, 11) is 2.12. The Kier molecular flexibility index (Phi) is 5.46. The second-order valence-electron chi connectivity index (χ2n) is 6.85. The Hall–Kier alpha value is -1.13.